The van der Waals surface area contributed by atoms with Crippen LogP contribution in [0.1, 0.15) is 11.1 Å². The fourth-order valence-corrected chi connectivity index (χ4v) is 6.37. The Morgan fingerprint density at radius 3 is 1.28 bits per heavy atom. The minimum Gasteiger partial charge on any atom is -0.320 e. The van der Waals surface area contributed by atoms with Gasteiger partial charge >= 0.3 is 0 Å². The van der Waals surface area contributed by atoms with Crippen molar-refractivity contribution in [1.82, 2.24) is 9.13 Å². The van der Waals surface area contributed by atoms with Crippen molar-refractivity contribution in [2.45, 2.75) is 6.42 Å². The van der Waals surface area contributed by atoms with Crippen LogP contribution in [-0.4, -0.2) is 9.13 Å². The third-order valence-corrected chi connectivity index (χ3v) is 8.55. The second kappa shape index (κ2) is 11.2. The SMILES string of the molecule is Cn1c(-c2ccccc2)csc1=Nc1ccc(Cc2ccc(N=c3scc(-c4ccccc4)n3C)cc2)cc1. The van der Waals surface area contributed by atoms with Crippen molar-refractivity contribution in [1.29, 1.82) is 0 Å². The molecule has 4 aromatic carbocycles. The highest BCUT2D eigenvalue weighted by molar-refractivity contribution is 7.07. The average molecular weight is 545 g/mol. The standard InChI is InChI=1S/C33H28N4S2/c1-36-30(26-9-5-3-6-10-26)22-38-32(36)34-28-17-13-24(14-18-28)21-25-15-19-29(20-16-25)35-33-37(2)31(23-39-33)27-11-7-4-8-12-27/h3-20,22-23H,21H2,1-2H3. The molecule has 2 heterocycles. The molecule has 0 aliphatic carbocycles. The van der Waals surface area contributed by atoms with Gasteiger partial charge in [-0.25, -0.2) is 9.98 Å². The van der Waals surface area contributed by atoms with Crippen LogP contribution in [0.3, 0.4) is 0 Å². The summed E-state index contributed by atoms with van der Waals surface area (Å²) >= 11 is 3.32. The summed E-state index contributed by atoms with van der Waals surface area (Å²) in [5, 5.41) is 4.33. The molecule has 0 spiro atoms. The number of benzene rings is 4. The lowest BCUT2D eigenvalue weighted by atomic mass is 10.0. The molecule has 6 rings (SSSR count). The van der Waals surface area contributed by atoms with Gasteiger partial charge in [-0.05, 0) is 52.9 Å². The Balaban J connectivity index is 1.15. The predicted molar refractivity (Wildman–Crippen MR) is 164 cm³/mol. The van der Waals surface area contributed by atoms with Crippen LogP contribution in [0, 0.1) is 0 Å². The number of thiazole rings is 2. The molecule has 0 aliphatic heterocycles. The van der Waals surface area contributed by atoms with Gasteiger partial charge in [0.2, 0.25) is 0 Å². The van der Waals surface area contributed by atoms with E-state index in [4.69, 9.17) is 9.98 Å². The van der Waals surface area contributed by atoms with E-state index in [1.54, 1.807) is 22.7 Å². The molecule has 192 valence electrons. The lowest BCUT2D eigenvalue weighted by Crippen LogP contribution is -2.10. The first-order valence-corrected chi connectivity index (χ1v) is 14.6. The number of rotatable bonds is 6. The zero-order valence-electron chi connectivity index (χ0n) is 21.9. The van der Waals surface area contributed by atoms with Crippen LogP contribution in [0.25, 0.3) is 22.5 Å². The van der Waals surface area contributed by atoms with Gasteiger partial charge in [-0.15, -0.1) is 22.7 Å². The first-order chi connectivity index (χ1) is 19.1. The Hall–Kier alpha value is -4.26. The van der Waals surface area contributed by atoms with Crippen molar-refractivity contribution in [3.05, 3.63) is 141 Å². The zero-order chi connectivity index (χ0) is 26.6. The second-order valence-electron chi connectivity index (χ2n) is 9.39. The lowest BCUT2D eigenvalue weighted by Gasteiger charge is -2.04. The highest BCUT2D eigenvalue weighted by Crippen LogP contribution is 2.22. The van der Waals surface area contributed by atoms with Crippen molar-refractivity contribution in [2.24, 2.45) is 24.1 Å². The minimum atomic E-state index is 0.871. The normalized spacial score (nSPS) is 12.3. The van der Waals surface area contributed by atoms with Crippen molar-refractivity contribution < 1.29 is 0 Å². The maximum Gasteiger partial charge on any atom is 0.190 e. The maximum atomic E-state index is 4.88. The van der Waals surface area contributed by atoms with Gasteiger partial charge in [-0.3, -0.25) is 0 Å². The van der Waals surface area contributed by atoms with Gasteiger partial charge in [0.05, 0.1) is 22.8 Å². The third-order valence-electron chi connectivity index (χ3n) is 6.72. The summed E-state index contributed by atoms with van der Waals surface area (Å²) in [6.45, 7) is 0. The average Bonchev–Trinajstić information content (AvgIpc) is 3.53. The third kappa shape index (κ3) is 5.62. The predicted octanol–water partition coefficient (Wildman–Crippen LogP) is 7.88. The number of hydrogen-bond donors (Lipinski definition) is 0. The summed E-state index contributed by atoms with van der Waals surface area (Å²) in [5.41, 5.74) is 9.20. The minimum absolute atomic E-state index is 0.871. The van der Waals surface area contributed by atoms with Crippen molar-refractivity contribution in [2.75, 3.05) is 0 Å². The molecule has 0 fully saturated rings. The van der Waals surface area contributed by atoms with Crippen molar-refractivity contribution >= 4 is 34.0 Å². The van der Waals surface area contributed by atoms with Crippen LogP contribution in [0.2, 0.25) is 0 Å². The van der Waals surface area contributed by atoms with Gasteiger partial charge in [0.15, 0.2) is 9.60 Å². The summed E-state index contributed by atoms with van der Waals surface area (Å²) < 4.78 is 4.30. The monoisotopic (exact) mass is 544 g/mol. The molecule has 0 saturated heterocycles. The van der Waals surface area contributed by atoms with E-state index in [2.05, 4.69) is 131 Å². The molecule has 0 atom stereocenters. The van der Waals surface area contributed by atoms with E-state index in [1.807, 2.05) is 12.1 Å². The largest absolute Gasteiger partial charge is 0.320 e. The second-order valence-corrected chi connectivity index (χ2v) is 11.1. The van der Waals surface area contributed by atoms with Crippen LogP contribution < -0.4 is 9.60 Å². The number of hydrogen-bond acceptors (Lipinski definition) is 4. The van der Waals surface area contributed by atoms with Crippen LogP contribution in [-0.2, 0) is 20.5 Å². The summed E-state index contributed by atoms with van der Waals surface area (Å²) in [4.78, 5) is 11.7. The lowest BCUT2D eigenvalue weighted by molar-refractivity contribution is 0.883. The van der Waals surface area contributed by atoms with E-state index < -0.39 is 0 Å². The van der Waals surface area contributed by atoms with E-state index in [0.29, 0.717) is 0 Å². The van der Waals surface area contributed by atoms with Crippen LogP contribution in [0.15, 0.2) is 130 Å². The molecule has 0 saturated carbocycles. The Kier molecular flexibility index (Phi) is 7.21. The van der Waals surface area contributed by atoms with E-state index in [0.717, 1.165) is 27.4 Å². The van der Waals surface area contributed by atoms with Crippen molar-refractivity contribution in [3.63, 3.8) is 0 Å². The van der Waals surface area contributed by atoms with Gasteiger partial charge < -0.3 is 9.13 Å². The van der Waals surface area contributed by atoms with E-state index in [-0.39, 0.29) is 0 Å². The molecular formula is C33H28N4S2. The Labute approximate surface area is 236 Å². The molecule has 4 nitrogen and oxygen atoms in total. The Bertz CT molecular complexity index is 1680. The smallest absolute Gasteiger partial charge is 0.190 e. The van der Waals surface area contributed by atoms with Gasteiger partial charge in [0, 0.05) is 24.9 Å². The van der Waals surface area contributed by atoms with Crippen molar-refractivity contribution in [3.8, 4) is 22.5 Å². The van der Waals surface area contributed by atoms with E-state index in [9.17, 15) is 0 Å². The molecule has 0 aliphatic rings. The molecule has 6 heteroatoms. The summed E-state index contributed by atoms with van der Waals surface area (Å²) in [6, 6.07) is 37.9. The molecule has 0 bridgehead atoms. The Morgan fingerprint density at radius 2 is 0.897 bits per heavy atom. The molecule has 39 heavy (non-hydrogen) atoms. The summed E-state index contributed by atoms with van der Waals surface area (Å²) in [7, 11) is 4.14. The van der Waals surface area contributed by atoms with Crippen LogP contribution >= 0.6 is 22.7 Å². The molecule has 2 aromatic heterocycles. The van der Waals surface area contributed by atoms with E-state index >= 15 is 0 Å². The van der Waals surface area contributed by atoms with Gasteiger partial charge in [-0.2, -0.15) is 0 Å². The first kappa shape index (κ1) is 25.0. The van der Waals surface area contributed by atoms with E-state index in [1.165, 1.54) is 33.6 Å². The van der Waals surface area contributed by atoms with Crippen LogP contribution in [0.4, 0.5) is 11.4 Å². The summed E-state index contributed by atoms with van der Waals surface area (Å²) in [5.74, 6) is 0. The van der Waals surface area contributed by atoms with Gasteiger partial charge in [0.1, 0.15) is 0 Å². The number of aromatic nitrogens is 2. The molecule has 0 radical (unpaired) electrons. The zero-order valence-corrected chi connectivity index (χ0v) is 23.5. The fraction of sp³-hybridized carbons (Fsp3) is 0.0909. The first-order valence-electron chi connectivity index (χ1n) is 12.8. The summed E-state index contributed by atoms with van der Waals surface area (Å²) in [6.07, 6.45) is 0.871. The molecule has 0 amide bonds. The highest BCUT2D eigenvalue weighted by atomic mass is 32.1. The molecular weight excluding hydrogens is 517 g/mol. The molecule has 0 unspecified atom stereocenters. The molecule has 6 aromatic rings. The van der Waals surface area contributed by atoms with Crippen LogP contribution in [0.5, 0.6) is 0 Å². The quantitative estimate of drug-likeness (QED) is 0.204. The topological polar surface area (TPSA) is 34.6 Å². The Morgan fingerprint density at radius 1 is 0.513 bits per heavy atom. The maximum absolute atomic E-state index is 4.88. The van der Waals surface area contributed by atoms with Gasteiger partial charge in [0.25, 0.3) is 0 Å². The fourth-order valence-electron chi connectivity index (χ4n) is 4.52. The highest BCUT2D eigenvalue weighted by Gasteiger charge is 2.06. The number of nitrogens with zero attached hydrogens (tertiary/aromatic N) is 4. The van der Waals surface area contributed by atoms with Gasteiger partial charge in [-0.1, -0.05) is 84.9 Å². The molecule has 0 N–H and O–H groups in total.